The van der Waals surface area contributed by atoms with Crippen molar-refractivity contribution in [3.8, 4) is 0 Å². The Hall–Kier alpha value is -1.08. The minimum absolute atomic E-state index is 0.0860. The van der Waals surface area contributed by atoms with E-state index in [0.29, 0.717) is 31.9 Å². The molecule has 0 aromatic heterocycles. The van der Waals surface area contributed by atoms with Gasteiger partial charge in [-0.3, -0.25) is 0 Å². The van der Waals surface area contributed by atoms with Crippen LogP contribution >= 0.6 is 0 Å². The second-order valence-electron chi connectivity index (χ2n) is 5.87. The van der Waals surface area contributed by atoms with Gasteiger partial charge in [-0.2, -0.15) is 0 Å². The lowest BCUT2D eigenvalue weighted by Crippen LogP contribution is -2.39. The number of hydrogen-bond donors (Lipinski definition) is 1. The van der Waals surface area contributed by atoms with Gasteiger partial charge in [0, 0.05) is 31.0 Å². The van der Waals surface area contributed by atoms with Crippen LogP contribution in [0.15, 0.2) is 18.2 Å². The van der Waals surface area contributed by atoms with Crippen molar-refractivity contribution in [1.82, 2.24) is 5.32 Å². The van der Waals surface area contributed by atoms with Crippen molar-refractivity contribution in [2.45, 2.75) is 37.7 Å². The van der Waals surface area contributed by atoms with Gasteiger partial charge in [0.25, 0.3) is 0 Å². The zero-order valence-electron chi connectivity index (χ0n) is 12.6. The molecule has 122 valence electrons. The maximum atomic E-state index is 13.7. The molecule has 1 N–H and O–H groups in total. The second kappa shape index (κ2) is 6.58. The molecule has 1 spiro atoms. The Morgan fingerprint density at radius 2 is 2.09 bits per heavy atom. The van der Waals surface area contributed by atoms with Gasteiger partial charge in [-0.1, -0.05) is 0 Å². The fraction of sp³-hybridized carbons (Fsp3) is 0.625. The van der Waals surface area contributed by atoms with E-state index in [9.17, 15) is 8.78 Å². The normalized spacial score (nSPS) is 25.5. The van der Waals surface area contributed by atoms with Crippen LogP contribution in [0.2, 0.25) is 0 Å². The molecule has 22 heavy (non-hydrogen) atoms. The molecular weight excluding hydrogens is 292 g/mol. The quantitative estimate of drug-likeness (QED) is 0.927. The topological polar surface area (TPSA) is 39.7 Å². The van der Waals surface area contributed by atoms with Crippen molar-refractivity contribution < 1.29 is 23.0 Å². The third kappa shape index (κ3) is 3.46. The van der Waals surface area contributed by atoms with E-state index in [1.54, 1.807) is 6.92 Å². The van der Waals surface area contributed by atoms with E-state index in [1.807, 2.05) is 0 Å². The molecule has 1 aromatic carbocycles. The van der Waals surface area contributed by atoms with Crippen LogP contribution < -0.4 is 5.32 Å². The molecular formula is C16H21F2NO3. The molecule has 2 heterocycles. The van der Waals surface area contributed by atoms with Crippen molar-refractivity contribution in [3.05, 3.63) is 35.4 Å². The Bertz CT molecular complexity index is 520. The van der Waals surface area contributed by atoms with E-state index in [2.05, 4.69) is 5.32 Å². The molecule has 2 aliphatic rings. The van der Waals surface area contributed by atoms with Crippen LogP contribution in [-0.4, -0.2) is 38.3 Å². The van der Waals surface area contributed by atoms with Gasteiger partial charge in [0.1, 0.15) is 11.6 Å². The Morgan fingerprint density at radius 1 is 1.32 bits per heavy atom. The summed E-state index contributed by atoms with van der Waals surface area (Å²) in [6.45, 7) is 4.12. The molecule has 2 aliphatic heterocycles. The lowest BCUT2D eigenvalue weighted by atomic mass is 10.1. The SMILES string of the molecule is C[C@@H](NC[C@H]1COC2(CCOCC2)O1)c1cc(F)ccc1F. The average molecular weight is 313 g/mol. The predicted octanol–water partition coefficient (Wildman–Crippen LogP) is 2.54. The highest BCUT2D eigenvalue weighted by Crippen LogP contribution is 2.33. The van der Waals surface area contributed by atoms with Crippen LogP contribution in [0.5, 0.6) is 0 Å². The monoisotopic (exact) mass is 313 g/mol. The number of benzene rings is 1. The number of nitrogens with one attached hydrogen (secondary N) is 1. The van der Waals surface area contributed by atoms with E-state index in [-0.39, 0.29) is 12.1 Å². The van der Waals surface area contributed by atoms with Crippen molar-refractivity contribution in [3.63, 3.8) is 0 Å². The summed E-state index contributed by atoms with van der Waals surface area (Å²) < 4.78 is 44.1. The molecule has 0 radical (unpaired) electrons. The molecule has 1 aromatic rings. The van der Waals surface area contributed by atoms with Crippen LogP contribution in [0.3, 0.4) is 0 Å². The van der Waals surface area contributed by atoms with E-state index in [0.717, 1.165) is 25.0 Å². The number of ether oxygens (including phenoxy) is 3. The summed E-state index contributed by atoms with van der Waals surface area (Å²) in [5.41, 5.74) is 0.319. The van der Waals surface area contributed by atoms with Gasteiger partial charge in [-0.25, -0.2) is 8.78 Å². The first kappa shape index (κ1) is 15.8. The summed E-state index contributed by atoms with van der Waals surface area (Å²) >= 11 is 0. The van der Waals surface area contributed by atoms with Crippen LogP contribution in [0.4, 0.5) is 8.78 Å². The predicted molar refractivity (Wildman–Crippen MR) is 76.4 cm³/mol. The molecule has 0 aliphatic carbocycles. The van der Waals surface area contributed by atoms with Gasteiger partial charge in [0.05, 0.1) is 25.9 Å². The summed E-state index contributed by atoms with van der Waals surface area (Å²) in [5, 5.41) is 3.19. The van der Waals surface area contributed by atoms with E-state index in [1.165, 1.54) is 6.07 Å². The summed E-state index contributed by atoms with van der Waals surface area (Å²) in [6.07, 6.45) is 1.38. The van der Waals surface area contributed by atoms with Gasteiger partial charge in [0.15, 0.2) is 5.79 Å². The van der Waals surface area contributed by atoms with Gasteiger partial charge >= 0.3 is 0 Å². The van der Waals surface area contributed by atoms with Crippen molar-refractivity contribution in [1.29, 1.82) is 0 Å². The number of rotatable bonds is 4. The second-order valence-corrected chi connectivity index (χ2v) is 5.87. The maximum absolute atomic E-state index is 13.7. The zero-order valence-corrected chi connectivity index (χ0v) is 12.6. The largest absolute Gasteiger partial charge is 0.381 e. The molecule has 0 unspecified atom stereocenters. The van der Waals surface area contributed by atoms with Crippen molar-refractivity contribution in [2.24, 2.45) is 0 Å². The molecule has 0 bridgehead atoms. The van der Waals surface area contributed by atoms with Crippen LogP contribution in [0, 0.1) is 11.6 Å². The lowest BCUT2D eigenvalue weighted by molar-refractivity contribution is -0.210. The highest BCUT2D eigenvalue weighted by Gasteiger charge is 2.42. The van der Waals surface area contributed by atoms with E-state index < -0.39 is 17.4 Å². The minimum atomic E-state index is -0.516. The van der Waals surface area contributed by atoms with E-state index in [4.69, 9.17) is 14.2 Å². The van der Waals surface area contributed by atoms with Gasteiger partial charge < -0.3 is 19.5 Å². The summed E-state index contributed by atoms with van der Waals surface area (Å²) in [5.74, 6) is -1.37. The van der Waals surface area contributed by atoms with Crippen molar-refractivity contribution >= 4 is 0 Å². The molecule has 2 saturated heterocycles. The highest BCUT2D eigenvalue weighted by molar-refractivity contribution is 5.21. The first-order chi connectivity index (χ1) is 10.6. The zero-order chi connectivity index (χ0) is 15.6. The summed E-state index contributed by atoms with van der Waals surface area (Å²) in [7, 11) is 0. The standard InChI is InChI=1S/C16H21F2NO3/c1-11(14-8-12(17)2-3-15(14)18)19-9-13-10-21-16(22-13)4-6-20-7-5-16/h2-3,8,11,13,19H,4-7,9-10H2,1H3/t11-,13+/m1/s1. The molecule has 0 amide bonds. The van der Waals surface area contributed by atoms with Crippen LogP contribution in [0.1, 0.15) is 31.4 Å². The summed E-state index contributed by atoms with van der Waals surface area (Å²) in [4.78, 5) is 0. The first-order valence-electron chi connectivity index (χ1n) is 7.66. The smallest absolute Gasteiger partial charge is 0.173 e. The molecule has 2 fully saturated rings. The molecule has 2 atom stereocenters. The molecule has 3 rings (SSSR count). The summed E-state index contributed by atoms with van der Waals surface area (Å²) in [6, 6.07) is 3.19. The minimum Gasteiger partial charge on any atom is -0.381 e. The van der Waals surface area contributed by atoms with E-state index >= 15 is 0 Å². The molecule has 0 saturated carbocycles. The third-order valence-corrected chi connectivity index (χ3v) is 4.24. The fourth-order valence-electron chi connectivity index (χ4n) is 2.93. The van der Waals surface area contributed by atoms with Gasteiger partial charge in [-0.05, 0) is 25.1 Å². The van der Waals surface area contributed by atoms with Gasteiger partial charge in [0.2, 0.25) is 0 Å². The first-order valence-corrected chi connectivity index (χ1v) is 7.66. The number of halogens is 2. The molecule has 4 nitrogen and oxygen atoms in total. The Labute approximate surface area is 128 Å². The lowest BCUT2D eigenvalue weighted by Gasteiger charge is -2.31. The Balaban J connectivity index is 1.53. The fourth-order valence-corrected chi connectivity index (χ4v) is 2.93. The highest BCUT2D eigenvalue weighted by atomic mass is 19.1. The van der Waals surface area contributed by atoms with Crippen LogP contribution in [0.25, 0.3) is 0 Å². The molecule has 6 heteroatoms. The third-order valence-electron chi connectivity index (χ3n) is 4.24. The van der Waals surface area contributed by atoms with Gasteiger partial charge in [-0.15, -0.1) is 0 Å². The maximum Gasteiger partial charge on any atom is 0.173 e. The Kier molecular flexibility index (Phi) is 4.73. The van der Waals surface area contributed by atoms with Crippen LogP contribution in [-0.2, 0) is 14.2 Å². The Morgan fingerprint density at radius 3 is 2.86 bits per heavy atom. The number of hydrogen-bond acceptors (Lipinski definition) is 4. The average Bonchev–Trinajstić information content (AvgIpc) is 2.91. The van der Waals surface area contributed by atoms with Crippen molar-refractivity contribution in [2.75, 3.05) is 26.4 Å².